The molecule has 0 aliphatic carbocycles. The highest BCUT2D eigenvalue weighted by molar-refractivity contribution is 5.73. The van der Waals surface area contributed by atoms with Crippen molar-refractivity contribution in [2.75, 3.05) is 25.0 Å². The summed E-state index contributed by atoms with van der Waals surface area (Å²) in [7, 11) is 0. The first kappa shape index (κ1) is 16.6. The summed E-state index contributed by atoms with van der Waals surface area (Å²) in [4.78, 5) is 13.3. The number of piperidine rings is 1. The summed E-state index contributed by atoms with van der Waals surface area (Å²) < 4.78 is 5.68. The molecule has 1 amide bonds. The number of amides is 1. The van der Waals surface area contributed by atoms with Gasteiger partial charge in [0, 0.05) is 25.2 Å². The number of rotatable bonds is 7. The maximum atomic E-state index is 10.8. The van der Waals surface area contributed by atoms with Crippen LogP contribution in [0.5, 0.6) is 5.75 Å². The number of carbonyl (C=O) groups is 1. The van der Waals surface area contributed by atoms with E-state index >= 15 is 0 Å². The monoisotopic (exact) mass is 305 g/mol. The van der Waals surface area contributed by atoms with Crippen LogP contribution in [0.25, 0.3) is 0 Å². The Labute approximate surface area is 132 Å². The van der Waals surface area contributed by atoms with Crippen LogP contribution in [-0.4, -0.2) is 42.6 Å². The van der Waals surface area contributed by atoms with Gasteiger partial charge in [-0.1, -0.05) is 12.1 Å². The first-order chi connectivity index (χ1) is 10.6. The lowest BCUT2D eigenvalue weighted by atomic mass is 10.0. The van der Waals surface area contributed by atoms with Gasteiger partial charge in [-0.15, -0.1) is 0 Å². The van der Waals surface area contributed by atoms with Crippen molar-refractivity contribution in [2.24, 2.45) is 5.73 Å². The molecule has 22 heavy (non-hydrogen) atoms. The van der Waals surface area contributed by atoms with Crippen molar-refractivity contribution in [1.29, 1.82) is 0 Å². The van der Waals surface area contributed by atoms with Crippen molar-refractivity contribution in [2.45, 2.75) is 45.2 Å². The van der Waals surface area contributed by atoms with Crippen molar-refractivity contribution < 1.29 is 9.53 Å². The number of para-hydroxylation sites is 2. The van der Waals surface area contributed by atoms with Crippen molar-refractivity contribution >= 4 is 11.6 Å². The molecule has 1 saturated heterocycles. The van der Waals surface area contributed by atoms with Crippen LogP contribution >= 0.6 is 0 Å². The zero-order chi connectivity index (χ0) is 15.9. The number of ether oxygens (including phenoxy) is 1. The predicted molar refractivity (Wildman–Crippen MR) is 89.1 cm³/mol. The molecule has 3 N–H and O–H groups in total. The molecule has 0 unspecified atom stereocenters. The second kappa shape index (κ2) is 8.03. The smallest absolute Gasteiger partial charge is 0.220 e. The summed E-state index contributed by atoms with van der Waals surface area (Å²) in [6.45, 7) is 7.06. The lowest BCUT2D eigenvalue weighted by molar-refractivity contribution is -0.118. The van der Waals surface area contributed by atoms with Gasteiger partial charge in [-0.25, -0.2) is 0 Å². The van der Waals surface area contributed by atoms with E-state index < -0.39 is 0 Å². The van der Waals surface area contributed by atoms with Gasteiger partial charge in [0.05, 0.1) is 18.7 Å². The highest BCUT2D eigenvalue weighted by Gasteiger charge is 2.21. The van der Waals surface area contributed by atoms with Crippen molar-refractivity contribution in [1.82, 2.24) is 4.90 Å². The number of nitrogens with one attached hydrogen (secondary N) is 1. The molecule has 1 aromatic carbocycles. The van der Waals surface area contributed by atoms with Crippen molar-refractivity contribution in [3.05, 3.63) is 24.3 Å². The van der Waals surface area contributed by atoms with Crippen molar-refractivity contribution in [3.8, 4) is 5.75 Å². The minimum atomic E-state index is -0.341. The zero-order valence-electron chi connectivity index (χ0n) is 13.5. The molecule has 1 heterocycles. The lowest BCUT2D eigenvalue weighted by Gasteiger charge is -2.35. The van der Waals surface area contributed by atoms with E-state index in [0.717, 1.165) is 37.4 Å². The molecule has 0 spiro atoms. The largest absolute Gasteiger partial charge is 0.491 e. The first-order valence-electron chi connectivity index (χ1n) is 8.07. The fourth-order valence-corrected chi connectivity index (χ4v) is 2.75. The SMILES string of the molecule is CC(C)N1CCC(Nc2ccccc2OCCC(N)=O)CC1. The average Bonchev–Trinajstić information content (AvgIpc) is 2.49. The molecule has 122 valence electrons. The van der Waals surface area contributed by atoms with Crippen LogP contribution in [0.3, 0.4) is 0 Å². The number of hydrogen-bond acceptors (Lipinski definition) is 4. The van der Waals surface area contributed by atoms with Gasteiger partial charge in [-0.3, -0.25) is 4.79 Å². The van der Waals surface area contributed by atoms with Gasteiger partial charge in [-0.05, 0) is 38.8 Å². The number of benzene rings is 1. The molecule has 1 fully saturated rings. The topological polar surface area (TPSA) is 67.6 Å². The van der Waals surface area contributed by atoms with E-state index in [4.69, 9.17) is 10.5 Å². The Hall–Kier alpha value is -1.75. The van der Waals surface area contributed by atoms with Crippen LogP contribution in [0.1, 0.15) is 33.1 Å². The third-order valence-electron chi connectivity index (χ3n) is 4.11. The molecular weight excluding hydrogens is 278 g/mol. The third kappa shape index (κ3) is 4.91. The lowest BCUT2D eigenvalue weighted by Crippen LogP contribution is -2.42. The Morgan fingerprint density at radius 3 is 2.68 bits per heavy atom. The van der Waals surface area contributed by atoms with E-state index in [2.05, 4.69) is 24.1 Å². The molecule has 0 atom stereocenters. The summed E-state index contributed by atoms with van der Waals surface area (Å²) >= 11 is 0. The van der Waals surface area contributed by atoms with Crippen LogP contribution in [0.2, 0.25) is 0 Å². The minimum absolute atomic E-state index is 0.237. The summed E-state index contributed by atoms with van der Waals surface area (Å²) in [5.74, 6) is 0.446. The Morgan fingerprint density at radius 2 is 2.05 bits per heavy atom. The van der Waals surface area contributed by atoms with E-state index in [-0.39, 0.29) is 12.3 Å². The molecule has 0 saturated carbocycles. The Bertz CT molecular complexity index is 483. The maximum Gasteiger partial charge on any atom is 0.220 e. The van der Waals surface area contributed by atoms with Gasteiger partial charge in [-0.2, -0.15) is 0 Å². The predicted octanol–water partition coefficient (Wildman–Crippen LogP) is 2.23. The van der Waals surface area contributed by atoms with Crippen LogP contribution in [-0.2, 0) is 4.79 Å². The van der Waals surface area contributed by atoms with Gasteiger partial charge < -0.3 is 20.7 Å². The highest BCUT2D eigenvalue weighted by Crippen LogP contribution is 2.27. The molecule has 5 nitrogen and oxygen atoms in total. The zero-order valence-corrected chi connectivity index (χ0v) is 13.5. The average molecular weight is 305 g/mol. The fraction of sp³-hybridized carbons (Fsp3) is 0.588. The second-order valence-corrected chi connectivity index (χ2v) is 6.11. The molecule has 1 aliphatic rings. The minimum Gasteiger partial charge on any atom is -0.491 e. The Balaban J connectivity index is 1.88. The van der Waals surface area contributed by atoms with Gasteiger partial charge >= 0.3 is 0 Å². The first-order valence-corrected chi connectivity index (χ1v) is 8.07. The van der Waals surface area contributed by atoms with E-state index in [1.54, 1.807) is 0 Å². The summed E-state index contributed by atoms with van der Waals surface area (Å²) in [5, 5.41) is 3.58. The van der Waals surface area contributed by atoms with Gasteiger partial charge in [0.1, 0.15) is 5.75 Å². The van der Waals surface area contributed by atoms with Crippen LogP contribution in [0, 0.1) is 0 Å². The summed E-state index contributed by atoms with van der Waals surface area (Å²) in [5.41, 5.74) is 6.14. The Kier molecular flexibility index (Phi) is 6.07. The molecule has 1 aromatic rings. The number of primary amides is 1. The quantitative estimate of drug-likeness (QED) is 0.810. The molecule has 1 aliphatic heterocycles. The number of carbonyl (C=O) groups excluding carboxylic acids is 1. The molecular formula is C17H27N3O2. The van der Waals surface area contributed by atoms with E-state index in [9.17, 15) is 4.79 Å². The maximum absolute atomic E-state index is 10.8. The fourth-order valence-electron chi connectivity index (χ4n) is 2.75. The summed E-state index contributed by atoms with van der Waals surface area (Å²) in [6.07, 6.45) is 2.50. The molecule has 0 aromatic heterocycles. The second-order valence-electron chi connectivity index (χ2n) is 6.11. The van der Waals surface area contributed by atoms with Gasteiger partial charge in [0.2, 0.25) is 5.91 Å². The van der Waals surface area contributed by atoms with E-state index in [1.807, 2.05) is 24.3 Å². The standard InChI is InChI=1S/C17H27N3O2/c1-13(2)20-10-7-14(8-11-20)19-15-5-3-4-6-16(15)22-12-9-17(18)21/h3-6,13-14,19H,7-12H2,1-2H3,(H2,18,21). The third-order valence-corrected chi connectivity index (χ3v) is 4.11. The number of nitrogens with two attached hydrogens (primary N) is 1. The van der Waals surface area contributed by atoms with Gasteiger partial charge in [0.15, 0.2) is 0 Å². The van der Waals surface area contributed by atoms with E-state index in [0.29, 0.717) is 18.7 Å². The van der Waals surface area contributed by atoms with Crippen molar-refractivity contribution in [3.63, 3.8) is 0 Å². The molecule has 0 bridgehead atoms. The molecule has 5 heteroatoms. The van der Waals surface area contributed by atoms with Crippen LogP contribution in [0.15, 0.2) is 24.3 Å². The molecule has 0 radical (unpaired) electrons. The highest BCUT2D eigenvalue weighted by atomic mass is 16.5. The normalized spacial score (nSPS) is 16.7. The number of hydrogen-bond donors (Lipinski definition) is 2. The van der Waals surface area contributed by atoms with Gasteiger partial charge in [0.25, 0.3) is 0 Å². The summed E-state index contributed by atoms with van der Waals surface area (Å²) in [6, 6.07) is 8.96. The Morgan fingerprint density at radius 1 is 1.36 bits per heavy atom. The van der Waals surface area contributed by atoms with Crippen LogP contribution < -0.4 is 15.8 Å². The number of nitrogens with zero attached hydrogens (tertiary/aromatic N) is 1. The molecule has 2 rings (SSSR count). The van der Waals surface area contributed by atoms with Crippen LogP contribution in [0.4, 0.5) is 5.69 Å². The number of likely N-dealkylation sites (tertiary alicyclic amines) is 1. The number of anilines is 1. The van der Waals surface area contributed by atoms with E-state index in [1.165, 1.54) is 0 Å².